The quantitative estimate of drug-likeness (QED) is 0.868. The molecular formula is C15H15N5O2. The van der Waals surface area contributed by atoms with E-state index in [1.54, 1.807) is 12.4 Å². The van der Waals surface area contributed by atoms with Gasteiger partial charge in [-0.25, -0.2) is 4.79 Å². The first-order valence-corrected chi connectivity index (χ1v) is 7.03. The molecule has 2 heterocycles. The van der Waals surface area contributed by atoms with Gasteiger partial charge in [-0.2, -0.15) is 10.4 Å². The number of aromatic nitrogens is 3. The Hall–Kier alpha value is -2.72. The van der Waals surface area contributed by atoms with Crippen LogP contribution in [-0.4, -0.2) is 31.9 Å². The zero-order chi connectivity index (χ0) is 15.7. The van der Waals surface area contributed by atoms with E-state index < -0.39 is 12.0 Å². The van der Waals surface area contributed by atoms with E-state index in [9.17, 15) is 9.90 Å². The number of aromatic carboxylic acids is 1. The van der Waals surface area contributed by atoms with Crippen molar-refractivity contribution in [3.63, 3.8) is 0 Å². The number of nitrogens with two attached hydrogens (primary N) is 1. The lowest BCUT2D eigenvalue weighted by Crippen LogP contribution is -2.21. The second-order valence-electron chi connectivity index (χ2n) is 5.26. The number of fused-ring (bicyclic) bond motifs is 3. The SMILES string of the molecule is N#CC(N)CCn1nc2c(c1C(=O)O)CCc1cnccc1-2. The second kappa shape index (κ2) is 5.58. The number of carbonyl (C=O) groups is 1. The number of carboxylic acids is 1. The van der Waals surface area contributed by atoms with E-state index in [0.717, 1.165) is 23.1 Å². The average Bonchev–Trinajstić information content (AvgIpc) is 2.91. The smallest absolute Gasteiger partial charge is 0.354 e. The molecule has 0 amide bonds. The summed E-state index contributed by atoms with van der Waals surface area (Å²) in [7, 11) is 0. The van der Waals surface area contributed by atoms with Crippen molar-refractivity contribution in [2.75, 3.05) is 0 Å². The molecule has 1 aliphatic rings. The molecule has 1 atom stereocenters. The van der Waals surface area contributed by atoms with Gasteiger partial charge >= 0.3 is 5.97 Å². The molecule has 0 radical (unpaired) electrons. The summed E-state index contributed by atoms with van der Waals surface area (Å²) in [4.78, 5) is 15.7. The first-order chi connectivity index (χ1) is 10.6. The Kier molecular flexibility index (Phi) is 3.61. The van der Waals surface area contributed by atoms with Crippen LogP contribution in [0.3, 0.4) is 0 Å². The molecule has 0 aliphatic heterocycles. The summed E-state index contributed by atoms with van der Waals surface area (Å²) in [5.74, 6) is -1.00. The maximum Gasteiger partial charge on any atom is 0.354 e. The third-order valence-electron chi connectivity index (χ3n) is 3.87. The molecule has 3 rings (SSSR count). The minimum Gasteiger partial charge on any atom is -0.477 e. The van der Waals surface area contributed by atoms with Gasteiger partial charge in [-0.05, 0) is 30.9 Å². The molecule has 22 heavy (non-hydrogen) atoms. The summed E-state index contributed by atoms with van der Waals surface area (Å²) in [5, 5.41) is 22.7. The van der Waals surface area contributed by atoms with Crippen LogP contribution in [0.15, 0.2) is 18.5 Å². The molecule has 2 aromatic rings. The Morgan fingerprint density at radius 1 is 1.55 bits per heavy atom. The van der Waals surface area contributed by atoms with Gasteiger partial charge in [-0.1, -0.05) is 0 Å². The molecule has 3 N–H and O–H groups in total. The first-order valence-electron chi connectivity index (χ1n) is 7.03. The third-order valence-corrected chi connectivity index (χ3v) is 3.87. The van der Waals surface area contributed by atoms with E-state index in [4.69, 9.17) is 11.0 Å². The van der Waals surface area contributed by atoms with Crippen molar-refractivity contribution in [3.8, 4) is 17.3 Å². The van der Waals surface area contributed by atoms with Crippen LogP contribution in [0.5, 0.6) is 0 Å². The lowest BCUT2D eigenvalue weighted by Gasteiger charge is -2.14. The fraction of sp³-hybridized carbons (Fsp3) is 0.333. The minimum absolute atomic E-state index is 0.197. The Labute approximate surface area is 127 Å². The predicted molar refractivity (Wildman–Crippen MR) is 78.0 cm³/mol. The van der Waals surface area contributed by atoms with Gasteiger partial charge in [0.15, 0.2) is 0 Å². The molecule has 1 unspecified atom stereocenters. The highest BCUT2D eigenvalue weighted by molar-refractivity contribution is 5.90. The van der Waals surface area contributed by atoms with Gasteiger partial charge in [-0.3, -0.25) is 9.67 Å². The molecule has 1 aliphatic carbocycles. The Balaban J connectivity index is 2.05. The van der Waals surface area contributed by atoms with Crippen LogP contribution >= 0.6 is 0 Å². The van der Waals surface area contributed by atoms with Crippen LogP contribution in [0.4, 0.5) is 0 Å². The van der Waals surface area contributed by atoms with Gasteiger partial charge in [0.25, 0.3) is 0 Å². The van der Waals surface area contributed by atoms with Gasteiger partial charge in [0.05, 0.1) is 17.8 Å². The van der Waals surface area contributed by atoms with Gasteiger partial charge in [0.2, 0.25) is 0 Å². The maximum atomic E-state index is 11.6. The normalized spacial score (nSPS) is 13.8. The van der Waals surface area contributed by atoms with Crippen molar-refractivity contribution < 1.29 is 9.90 Å². The van der Waals surface area contributed by atoms with Crippen molar-refractivity contribution in [3.05, 3.63) is 35.3 Å². The first kappa shape index (κ1) is 14.2. The molecule has 0 aromatic carbocycles. The number of rotatable bonds is 4. The molecule has 0 bridgehead atoms. The van der Waals surface area contributed by atoms with Crippen LogP contribution in [0.2, 0.25) is 0 Å². The number of nitrogens with zero attached hydrogens (tertiary/aromatic N) is 4. The molecule has 7 heteroatoms. The Morgan fingerprint density at radius 3 is 3.09 bits per heavy atom. The number of nitriles is 1. The maximum absolute atomic E-state index is 11.6. The van der Waals surface area contributed by atoms with Crippen molar-refractivity contribution in [1.82, 2.24) is 14.8 Å². The monoisotopic (exact) mass is 297 g/mol. The van der Waals surface area contributed by atoms with Crippen molar-refractivity contribution in [1.29, 1.82) is 5.26 Å². The van der Waals surface area contributed by atoms with Crippen LogP contribution in [-0.2, 0) is 19.4 Å². The number of pyridine rings is 1. The second-order valence-corrected chi connectivity index (χ2v) is 5.26. The van der Waals surface area contributed by atoms with E-state index in [0.29, 0.717) is 25.1 Å². The van der Waals surface area contributed by atoms with Gasteiger partial charge < -0.3 is 10.8 Å². The zero-order valence-corrected chi connectivity index (χ0v) is 11.9. The average molecular weight is 297 g/mol. The van der Waals surface area contributed by atoms with E-state index in [1.807, 2.05) is 12.1 Å². The highest BCUT2D eigenvalue weighted by Crippen LogP contribution is 2.34. The van der Waals surface area contributed by atoms with Crippen LogP contribution in [0.25, 0.3) is 11.3 Å². The minimum atomic E-state index is -1.00. The summed E-state index contributed by atoms with van der Waals surface area (Å²) in [6.45, 7) is 0.309. The fourth-order valence-corrected chi connectivity index (χ4v) is 2.80. The van der Waals surface area contributed by atoms with Crippen molar-refractivity contribution in [2.24, 2.45) is 5.73 Å². The van der Waals surface area contributed by atoms with Crippen molar-refractivity contribution >= 4 is 5.97 Å². The summed E-state index contributed by atoms with van der Waals surface area (Å²) in [6, 6.07) is 3.18. The van der Waals surface area contributed by atoms with E-state index in [-0.39, 0.29) is 5.69 Å². The van der Waals surface area contributed by atoms with Gasteiger partial charge in [-0.15, -0.1) is 0 Å². The molecule has 0 saturated heterocycles. The lowest BCUT2D eigenvalue weighted by molar-refractivity contribution is 0.0681. The van der Waals surface area contributed by atoms with Crippen LogP contribution in [0, 0.1) is 11.3 Å². The topological polar surface area (TPSA) is 118 Å². The largest absolute Gasteiger partial charge is 0.477 e. The standard InChI is InChI=1S/C15H15N5O2/c16-7-10(17)4-6-20-14(15(21)22)12-2-1-9-8-18-5-3-11(9)13(12)19-20/h3,5,8,10H,1-2,4,6,17H2,(H,21,22). The molecule has 112 valence electrons. The Bertz CT molecular complexity index is 775. The number of hydrogen-bond donors (Lipinski definition) is 2. The van der Waals surface area contributed by atoms with Crippen molar-refractivity contribution in [2.45, 2.75) is 31.8 Å². The molecule has 0 spiro atoms. The fourth-order valence-electron chi connectivity index (χ4n) is 2.80. The molecule has 0 fully saturated rings. The molecular weight excluding hydrogens is 282 g/mol. The predicted octanol–water partition coefficient (Wildman–Crippen LogP) is 0.983. The van der Waals surface area contributed by atoms with Gasteiger partial charge in [0.1, 0.15) is 5.69 Å². The number of aryl methyl sites for hydroxylation is 2. The Morgan fingerprint density at radius 2 is 2.36 bits per heavy atom. The highest BCUT2D eigenvalue weighted by atomic mass is 16.4. The molecule has 0 saturated carbocycles. The zero-order valence-electron chi connectivity index (χ0n) is 11.9. The summed E-state index contributed by atoms with van der Waals surface area (Å²) < 4.78 is 1.46. The highest BCUT2D eigenvalue weighted by Gasteiger charge is 2.28. The van der Waals surface area contributed by atoms with E-state index >= 15 is 0 Å². The number of carboxylic acid groups (broad SMARTS) is 1. The van der Waals surface area contributed by atoms with E-state index in [2.05, 4.69) is 10.1 Å². The van der Waals surface area contributed by atoms with Gasteiger partial charge in [0, 0.05) is 30.1 Å². The van der Waals surface area contributed by atoms with Crippen LogP contribution < -0.4 is 5.73 Å². The lowest BCUT2D eigenvalue weighted by atomic mass is 9.90. The third kappa shape index (κ3) is 2.34. The summed E-state index contributed by atoms with van der Waals surface area (Å²) in [5.41, 5.74) is 9.24. The summed E-state index contributed by atoms with van der Waals surface area (Å²) in [6.07, 6.45) is 5.21. The number of hydrogen-bond acceptors (Lipinski definition) is 5. The molecule has 2 aromatic heterocycles. The van der Waals surface area contributed by atoms with E-state index in [1.165, 1.54) is 4.68 Å². The van der Waals surface area contributed by atoms with Crippen LogP contribution in [0.1, 0.15) is 28.0 Å². The molecule has 7 nitrogen and oxygen atoms in total. The summed E-state index contributed by atoms with van der Waals surface area (Å²) >= 11 is 0.